The minimum absolute atomic E-state index is 0.407. The third kappa shape index (κ3) is 5.05. The summed E-state index contributed by atoms with van der Waals surface area (Å²) in [5.74, 6) is -0.574. The van der Waals surface area contributed by atoms with Gasteiger partial charge in [0.1, 0.15) is 12.6 Å². The zero-order chi connectivity index (χ0) is 20.4. The molecule has 0 radical (unpaired) electrons. The molecule has 0 N–H and O–H groups in total. The number of likely N-dealkylation sites (tertiary alicyclic amines) is 1. The third-order valence-electron chi connectivity index (χ3n) is 4.35. The Bertz CT molecular complexity index is 732. The van der Waals surface area contributed by atoms with Crippen molar-refractivity contribution in [1.82, 2.24) is 4.90 Å². The van der Waals surface area contributed by atoms with Crippen LogP contribution in [0.5, 0.6) is 0 Å². The van der Waals surface area contributed by atoms with Crippen LogP contribution in [0.3, 0.4) is 0 Å². The molecule has 1 fully saturated rings. The second kappa shape index (κ2) is 7.66. The van der Waals surface area contributed by atoms with Crippen molar-refractivity contribution in [2.45, 2.75) is 38.2 Å². The summed E-state index contributed by atoms with van der Waals surface area (Å²) in [4.78, 5) is 14.5. The first-order chi connectivity index (χ1) is 12.4. The Balaban J connectivity index is 2.45. The SMILES string of the molecule is CC(C(=O)N1CCCC1)N(CC(F)(F)F)c1ccc(C#N)c(C(F)(F)F)c1. The molecule has 1 heterocycles. The van der Waals surface area contributed by atoms with E-state index in [1.165, 1.54) is 17.9 Å². The van der Waals surface area contributed by atoms with E-state index in [1.54, 1.807) is 0 Å². The summed E-state index contributed by atoms with van der Waals surface area (Å²) in [7, 11) is 0. The summed E-state index contributed by atoms with van der Waals surface area (Å²) in [5, 5.41) is 8.83. The summed E-state index contributed by atoms with van der Waals surface area (Å²) in [6.45, 7) is 0.462. The summed E-state index contributed by atoms with van der Waals surface area (Å²) in [5.41, 5.74) is -2.45. The Kier molecular flexibility index (Phi) is 5.92. The van der Waals surface area contributed by atoms with Gasteiger partial charge in [-0.25, -0.2) is 0 Å². The molecule has 1 aliphatic heterocycles. The van der Waals surface area contributed by atoms with Crippen molar-refractivity contribution < 1.29 is 31.1 Å². The van der Waals surface area contributed by atoms with E-state index in [0.29, 0.717) is 24.1 Å². The van der Waals surface area contributed by atoms with E-state index in [9.17, 15) is 31.1 Å². The number of amides is 1. The molecule has 1 amide bonds. The van der Waals surface area contributed by atoms with Gasteiger partial charge in [0.25, 0.3) is 0 Å². The quantitative estimate of drug-likeness (QED) is 0.728. The Morgan fingerprint density at radius 2 is 1.81 bits per heavy atom. The van der Waals surface area contributed by atoms with Crippen LogP contribution >= 0.6 is 0 Å². The Morgan fingerprint density at radius 3 is 2.30 bits per heavy atom. The average molecular weight is 393 g/mol. The fourth-order valence-corrected chi connectivity index (χ4v) is 3.02. The van der Waals surface area contributed by atoms with Crippen molar-refractivity contribution in [1.29, 1.82) is 5.26 Å². The molecular weight excluding hydrogens is 376 g/mol. The van der Waals surface area contributed by atoms with Gasteiger partial charge in [-0.3, -0.25) is 4.79 Å². The van der Waals surface area contributed by atoms with E-state index >= 15 is 0 Å². The van der Waals surface area contributed by atoms with Crippen LogP contribution in [0.15, 0.2) is 18.2 Å². The van der Waals surface area contributed by atoms with Crippen LogP contribution in [-0.4, -0.2) is 42.7 Å². The van der Waals surface area contributed by atoms with Gasteiger partial charge in [-0.05, 0) is 38.0 Å². The predicted molar refractivity (Wildman–Crippen MR) is 84.8 cm³/mol. The molecule has 1 unspecified atom stereocenters. The second-order valence-electron chi connectivity index (χ2n) is 6.29. The largest absolute Gasteiger partial charge is 0.417 e. The number of nitrogens with zero attached hydrogens (tertiary/aromatic N) is 3. The van der Waals surface area contributed by atoms with E-state index in [2.05, 4.69) is 0 Å². The summed E-state index contributed by atoms with van der Waals surface area (Å²) >= 11 is 0. The fourth-order valence-electron chi connectivity index (χ4n) is 3.02. The molecule has 4 nitrogen and oxygen atoms in total. The lowest BCUT2D eigenvalue weighted by Gasteiger charge is -2.33. The van der Waals surface area contributed by atoms with E-state index in [4.69, 9.17) is 5.26 Å². The fraction of sp³-hybridized carbons (Fsp3) is 0.529. The number of rotatable bonds is 4. The first kappa shape index (κ1) is 20.9. The van der Waals surface area contributed by atoms with E-state index < -0.39 is 47.7 Å². The van der Waals surface area contributed by atoms with Crippen LogP contribution < -0.4 is 4.90 Å². The maximum absolute atomic E-state index is 13.2. The standard InChI is InChI=1S/C17H17F6N3O/c1-11(15(27)25-6-2-3-7-25)26(10-16(18,19)20)13-5-4-12(9-24)14(8-13)17(21,22)23/h4-5,8,11H,2-3,6-7,10H2,1H3. The Labute approximate surface area is 152 Å². The number of hydrogen-bond acceptors (Lipinski definition) is 3. The van der Waals surface area contributed by atoms with Gasteiger partial charge in [0.05, 0.1) is 17.2 Å². The lowest BCUT2D eigenvalue weighted by molar-refractivity contribution is -0.137. The van der Waals surface area contributed by atoms with Crippen molar-refractivity contribution in [2.75, 3.05) is 24.5 Å². The number of benzene rings is 1. The van der Waals surface area contributed by atoms with Gasteiger partial charge in [-0.15, -0.1) is 0 Å². The molecule has 0 bridgehead atoms. The normalized spacial score (nSPS) is 16.1. The molecule has 0 aromatic heterocycles. The lowest BCUT2D eigenvalue weighted by atomic mass is 10.1. The van der Waals surface area contributed by atoms with Gasteiger partial charge in [-0.2, -0.15) is 31.6 Å². The van der Waals surface area contributed by atoms with Crippen LogP contribution in [0, 0.1) is 11.3 Å². The maximum Gasteiger partial charge on any atom is 0.417 e. The molecule has 1 saturated heterocycles. The number of carbonyl (C=O) groups excluding carboxylic acids is 1. The van der Waals surface area contributed by atoms with Crippen molar-refractivity contribution in [3.05, 3.63) is 29.3 Å². The van der Waals surface area contributed by atoms with Gasteiger partial charge in [0, 0.05) is 18.8 Å². The smallest absolute Gasteiger partial charge is 0.351 e. The van der Waals surface area contributed by atoms with Crippen LogP contribution in [0.4, 0.5) is 32.0 Å². The molecule has 1 atom stereocenters. The van der Waals surface area contributed by atoms with Crippen molar-refractivity contribution in [3.63, 3.8) is 0 Å². The van der Waals surface area contributed by atoms with Gasteiger partial charge >= 0.3 is 12.4 Å². The maximum atomic E-state index is 13.2. The van der Waals surface area contributed by atoms with Crippen molar-refractivity contribution in [2.24, 2.45) is 0 Å². The zero-order valence-corrected chi connectivity index (χ0v) is 14.4. The molecule has 148 valence electrons. The summed E-state index contributed by atoms with van der Waals surface area (Å²) < 4.78 is 78.6. The molecule has 1 aromatic carbocycles. The Morgan fingerprint density at radius 1 is 1.22 bits per heavy atom. The van der Waals surface area contributed by atoms with E-state index in [-0.39, 0.29) is 0 Å². The molecule has 27 heavy (non-hydrogen) atoms. The number of alkyl halides is 6. The average Bonchev–Trinajstić information content (AvgIpc) is 3.11. The Hall–Kier alpha value is -2.44. The number of hydrogen-bond donors (Lipinski definition) is 0. The van der Waals surface area contributed by atoms with Crippen LogP contribution in [0.25, 0.3) is 0 Å². The van der Waals surface area contributed by atoms with Gasteiger partial charge in [0.15, 0.2) is 0 Å². The van der Waals surface area contributed by atoms with E-state index in [1.807, 2.05) is 0 Å². The van der Waals surface area contributed by atoms with Gasteiger partial charge < -0.3 is 9.80 Å². The van der Waals surface area contributed by atoms with E-state index in [0.717, 1.165) is 25.0 Å². The first-order valence-corrected chi connectivity index (χ1v) is 8.17. The molecular formula is C17H17F6N3O. The second-order valence-corrected chi connectivity index (χ2v) is 6.29. The third-order valence-corrected chi connectivity index (χ3v) is 4.35. The summed E-state index contributed by atoms with van der Waals surface area (Å²) in [6, 6.07) is 2.36. The highest BCUT2D eigenvalue weighted by atomic mass is 19.4. The number of nitriles is 1. The molecule has 0 spiro atoms. The van der Waals surface area contributed by atoms with Crippen LogP contribution in [0.2, 0.25) is 0 Å². The van der Waals surface area contributed by atoms with Crippen molar-refractivity contribution >= 4 is 11.6 Å². The molecule has 0 aliphatic carbocycles. The molecule has 1 aliphatic rings. The van der Waals surface area contributed by atoms with Gasteiger partial charge in [-0.1, -0.05) is 0 Å². The first-order valence-electron chi connectivity index (χ1n) is 8.17. The van der Waals surface area contributed by atoms with Crippen LogP contribution in [0.1, 0.15) is 30.9 Å². The molecule has 10 heteroatoms. The molecule has 2 rings (SSSR count). The number of carbonyl (C=O) groups is 1. The predicted octanol–water partition coefficient (Wildman–Crippen LogP) is 3.96. The van der Waals surface area contributed by atoms with Crippen molar-refractivity contribution in [3.8, 4) is 6.07 Å². The van der Waals surface area contributed by atoms with Gasteiger partial charge in [0.2, 0.25) is 5.91 Å². The zero-order valence-electron chi connectivity index (χ0n) is 14.4. The highest BCUT2D eigenvalue weighted by Gasteiger charge is 2.39. The minimum Gasteiger partial charge on any atom is -0.351 e. The lowest BCUT2D eigenvalue weighted by Crippen LogP contribution is -2.49. The molecule has 0 saturated carbocycles. The number of halogens is 6. The monoisotopic (exact) mass is 393 g/mol. The number of anilines is 1. The topological polar surface area (TPSA) is 47.3 Å². The molecule has 1 aromatic rings. The summed E-state index contributed by atoms with van der Waals surface area (Å²) in [6.07, 6.45) is -8.18. The highest BCUT2D eigenvalue weighted by molar-refractivity contribution is 5.85. The highest BCUT2D eigenvalue weighted by Crippen LogP contribution is 2.35. The van der Waals surface area contributed by atoms with Crippen LogP contribution in [-0.2, 0) is 11.0 Å². The minimum atomic E-state index is -4.91.